The molecule has 0 aliphatic carbocycles. The van der Waals surface area contributed by atoms with Crippen molar-refractivity contribution >= 4 is 15.9 Å². The topological polar surface area (TPSA) is 60.9 Å². The lowest BCUT2D eigenvalue weighted by molar-refractivity contribution is 0.409. The van der Waals surface area contributed by atoms with E-state index >= 15 is 0 Å². The summed E-state index contributed by atoms with van der Waals surface area (Å²) in [7, 11) is -0.564. The number of benzene rings is 1. The first-order valence-corrected chi connectivity index (χ1v) is 6.67. The molecule has 1 N–H and O–H groups in total. The van der Waals surface area contributed by atoms with Crippen LogP contribution in [-0.4, -0.2) is 38.0 Å². The van der Waals surface area contributed by atoms with Crippen LogP contribution in [0.2, 0.25) is 0 Å². The van der Waals surface area contributed by atoms with Gasteiger partial charge in [0.2, 0.25) is 0 Å². The highest BCUT2D eigenvalue weighted by molar-refractivity contribution is 7.90. The first-order chi connectivity index (χ1) is 7.76. The number of phenolic OH excluding ortho intramolecular Hbond substituents is 1. The van der Waals surface area contributed by atoms with Gasteiger partial charge in [-0.2, -0.15) is 12.7 Å². The van der Waals surface area contributed by atoms with Crippen molar-refractivity contribution < 1.29 is 13.5 Å². The number of anilines is 1. The van der Waals surface area contributed by atoms with Crippen molar-refractivity contribution in [2.45, 2.75) is 19.9 Å². The van der Waals surface area contributed by atoms with Gasteiger partial charge in [0.15, 0.2) is 0 Å². The number of phenols is 1. The molecule has 0 aromatic heterocycles. The second-order valence-electron chi connectivity index (χ2n) is 4.11. The van der Waals surface area contributed by atoms with Gasteiger partial charge in [-0.05, 0) is 26.0 Å². The van der Waals surface area contributed by atoms with E-state index in [0.717, 1.165) is 4.31 Å². The first-order valence-electron chi connectivity index (χ1n) is 5.27. The fourth-order valence-electron chi connectivity index (χ4n) is 1.28. The van der Waals surface area contributed by atoms with Crippen LogP contribution in [0.3, 0.4) is 0 Å². The molecule has 0 radical (unpaired) electrons. The van der Waals surface area contributed by atoms with Crippen LogP contribution in [0, 0.1) is 0 Å². The largest absolute Gasteiger partial charge is 0.508 e. The van der Waals surface area contributed by atoms with Gasteiger partial charge in [-0.25, -0.2) is 0 Å². The minimum absolute atomic E-state index is 0.0387. The Balaban J connectivity index is 3.09. The van der Waals surface area contributed by atoms with Gasteiger partial charge in [0.05, 0.1) is 5.69 Å². The fourth-order valence-corrected chi connectivity index (χ4v) is 2.58. The monoisotopic (exact) mass is 258 g/mol. The Bertz CT molecular complexity index is 485. The molecule has 0 aliphatic rings. The maximum Gasteiger partial charge on any atom is 0.303 e. The van der Waals surface area contributed by atoms with Crippen LogP contribution < -0.4 is 4.31 Å². The van der Waals surface area contributed by atoms with Crippen molar-refractivity contribution in [2.75, 3.05) is 18.4 Å². The average Bonchev–Trinajstić information content (AvgIpc) is 2.26. The van der Waals surface area contributed by atoms with E-state index in [9.17, 15) is 13.5 Å². The van der Waals surface area contributed by atoms with E-state index in [2.05, 4.69) is 0 Å². The lowest BCUT2D eigenvalue weighted by Gasteiger charge is -2.28. The lowest BCUT2D eigenvalue weighted by Crippen LogP contribution is -2.43. The smallest absolute Gasteiger partial charge is 0.303 e. The SMILES string of the molecule is CC(C)N(C)S(=O)(=O)N(C)c1cccc(O)c1. The Morgan fingerprint density at radius 2 is 1.82 bits per heavy atom. The van der Waals surface area contributed by atoms with E-state index in [4.69, 9.17) is 0 Å². The summed E-state index contributed by atoms with van der Waals surface area (Å²) >= 11 is 0. The Morgan fingerprint density at radius 1 is 1.24 bits per heavy atom. The molecule has 0 amide bonds. The van der Waals surface area contributed by atoms with Crippen LogP contribution in [0.1, 0.15) is 13.8 Å². The molecular formula is C11H18N2O3S. The predicted octanol–water partition coefficient (Wildman–Crippen LogP) is 1.41. The Kier molecular flexibility index (Phi) is 4.00. The molecule has 5 nitrogen and oxygen atoms in total. The van der Waals surface area contributed by atoms with Gasteiger partial charge in [0, 0.05) is 26.2 Å². The summed E-state index contributed by atoms with van der Waals surface area (Å²) in [5.41, 5.74) is 0.428. The Morgan fingerprint density at radius 3 is 2.29 bits per heavy atom. The van der Waals surface area contributed by atoms with Crippen LogP contribution in [-0.2, 0) is 10.2 Å². The van der Waals surface area contributed by atoms with Crippen LogP contribution in [0.5, 0.6) is 5.75 Å². The second kappa shape index (κ2) is 4.93. The summed E-state index contributed by atoms with van der Waals surface area (Å²) in [4.78, 5) is 0. The standard InChI is InChI=1S/C11H18N2O3S/c1-9(2)12(3)17(15,16)13(4)10-6-5-7-11(14)8-10/h5-9,14H,1-4H3. The van der Waals surface area contributed by atoms with Crippen LogP contribution in [0.25, 0.3) is 0 Å². The van der Waals surface area contributed by atoms with Crippen LogP contribution in [0.4, 0.5) is 5.69 Å². The van der Waals surface area contributed by atoms with Crippen molar-refractivity contribution in [3.05, 3.63) is 24.3 Å². The molecular weight excluding hydrogens is 240 g/mol. The van der Waals surface area contributed by atoms with E-state index in [1.807, 2.05) is 0 Å². The highest BCUT2D eigenvalue weighted by Gasteiger charge is 2.26. The molecule has 0 bridgehead atoms. The average molecular weight is 258 g/mol. The van der Waals surface area contributed by atoms with Gasteiger partial charge in [-0.15, -0.1) is 0 Å². The normalized spacial score (nSPS) is 12.1. The maximum atomic E-state index is 12.2. The van der Waals surface area contributed by atoms with E-state index in [1.165, 1.54) is 30.5 Å². The zero-order valence-corrected chi connectivity index (χ0v) is 11.3. The molecule has 1 aromatic carbocycles. The zero-order valence-electron chi connectivity index (χ0n) is 10.5. The number of nitrogens with zero attached hydrogens (tertiary/aromatic N) is 2. The third-order valence-electron chi connectivity index (χ3n) is 2.63. The molecule has 96 valence electrons. The van der Waals surface area contributed by atoms with Crippen molar-refractivity contribution in [1.82, 2.24) is 4.31 Å². The van der Waals surface area contributed by atoms with Crippen molar-refractivity contribution in [2.24, 2.45) is 0 Å². The van der Waals surface area contributed by atoms with Crippen molar-refractivity contribution in [1.29, 1.82) is 0 Å². The predicted molar refractivity (Wildman–Crippen MR) is 68.3 cm³/mol. The third-order valence-corrected chi connectivity index (χ3v) is 4.68. The van der Waals surface area contributed by atoms with E-state index in [1.54, 1.807) is 26.0 Å². The molecule has 0 heterocycles. The number of rotatable bonds is 4. The minimum Gasteiger partial charge on any atom is -0.508 e. The van der Waals surface area contributed by atoms with E-state index < -0.39 is 10.2 Å². The first kappa shape index (κ1) is 13.8. The maximum absolute atomic E-state index is 12.2. The van der Waals surface area contributed by atoms with Gasteiger partial charge in [0.1, 0.15) is 5.75 Å². The molecule has 0 unspecified atom stereocenters. The molecule has 6 heteroatoms. The number of aromatic hydroxyl groups is 1. The van der Waals surface area contributed by atoms with Crippen molar-refractivity contribution in [3.63, 3.8) is 0 Å². The highest BCUT2D eigenvalue weighted by atomic mass is 32.2. The molecule has 1 rings (SSSR count). The van der Waals surface area contributed by atoms with Gasteiger partial charge in [-0.1, -0.05) is 6.07 Å². The summed E-state index contributed by atoms with van der Waals surface area (Å²) in [6.45, 7) is 3.60. The van der Waals surface area contributed by atoms with Gasteiger partial charge >= 0.3 is 10.2 Å². The minimum atomic E-state index is -3.55. The summed E-state index contributed by atoms with van der Waals surface area (Å²) in [5, 5.41) is 9.34. The highest BCUT2D eigenvalue weighted by Crippen LogP contribution is 2.22. The summed E-state index contributed by atoms with van der Waals surface area (Å²) < 4.78 is 26.7. The van der Waals surface area contributed by atoms with Gasteiger partial charge in [-0.3, -0.25) is 4.31 Å². The molecule has 1 aromatic rings. The lowest BCUT2D eigenvalue weighted by atomic mass is 10.3. The van der Waals surface area contributed by atoms with Gasteiger partial charge < -0.3 is 5.11 Å². The zero-order chi connectivity index (χ0) is 13.2. The van der Waals surface area contributed by atoms with E-state index in [0.29, 0.717) is 5.69 Å². The third kappa shape index (κ3) is 2.89. The molecule has 0 saturated carbocycles. The van der Waals surface area contributed by atoms with Gasteiger partial charge in [0.25, 0.3) is 0 Å². The summed E-state index contributed by atoms with van der Waals surface area (Å²) in [5.74, 6) is 0.0387. The molecule has 0 saturated heterocycles. The summed E-state index contributed by atoms with van der Waals surface area (Å²) in [6.07, 6.45) is 0. The quantitative estimate of drug-likeness (QED) is 0.888. The van der Waals surface area contributed by atoms with Crippen LogP contribution >= 0.6 is 0 Å². The number of hydrogen-bond donors (Lipinski definition) is 1. The molecule has 0 spiro atoms. The van der Waals surface area contributed by atoms with Crippen molar-refractivity contribution in [3.8, 4) is 5.75 Å². The fraction of sp³-hybridized carbons (Fsp3) is 0.455. The second-order valence-corrected chi connectivity index (χ2v) is 6.12. The van der Waals surface area contributed by atoms with E-state index in [-0.39, 0.29) is 11.8 Å². The molecule has 17 heavy (non-hydrogen) atoms. The Labute approximate surface area is 102 Å². The molecule has 0 aliphatic heterocycles. The molecule has 0 atom stereocenters. The Hall–Kier alpha value is -1.27. The molecule has 0 fully saturated rings. The number of hydrogen-bond acceptors (Lipinski definition) is 3. The summed E-state index contributed by atoms with van der Waals surface area (Å²) in [6, 6.07) is 6.01. The van der Waals surface area contributed by atoms with Crippen LogP contribution in [0.15, 0.2) is 24.3 Å².